The van der Waals surface area contributed by atoms with Crippen LogP contribution in [0.5, 0.6) is 0 Å². The van der Waals surface area contributed by atoms with Gasteiger partial charge in [0.2, 0.25) is 5.95 Å². The monoisotopic (exact) mass is 380 g/mol. The Kier molecular flexibility index (Phi) is 5.94. The molecular weight excluding hydrogens is 357 g/mol. The maximum absolute atomic E-state index is 13.2. The molecule has 0 radical (unpaired) electrons. The molecule has 2 aromatic heterocycles. The number of halogens is 3. The first-order valence-corrected chi connectivity index (χ1v) is 9.05. The van der Waals surface area contributed by atoms with Crippen LogP contribution in [0.15, 0.2) is 24.3 Å². The maximum Gasteiger partial charge on any atom is 0.395 e. The Labute approximate surface area is 156 Å². The molecular formula is C19H23F3N4O. The van der Waals surface area contributed by atoms with E-state index in [1.165, 1.54) is 12.2 Å². The van der Waals surface area contributed by atoms with Crippen molar-refractivity contribution in [3.8, 4) is 0 Å². The highest BCUT2D eigenvalue weighted by molar-refractivity contribution is 5.78. The molecule has 146 valence electrons. The van der Waals surface area contributed by atoms with Crippen molar-refractivity contribution < 1.29 is 17.9 Å². The molecule has 0 saturated carbocycles. The molecule has 3 rings (SSSR count). The molecule has 3 heterocycles. The van der Waals surface area contributed by atoms with E-state index in [0.717, 1.165) is 5.69 Å². The Hall–Kier alpha value is -2.22. The Morgan fingerprint density at radius 3 is 2.59 bits per heavy atom. The average Bonchev–Trinajstić information content (AvgIpc) is 2.64. The predicted molar refractivity (Wildman–Crippen MR) is 97.8 cm³/mol. The lowest BCUT2D eigenvalue weighted by molar-refractivity contribution is -0.162. The number of rotatable bonds is 5. The second kappa shape index (κ2) is 8.21. The lowest BCUT2D eigenvalue weighted by Crippen LogP contribution is -2.37. The summed E-state index contributed by atoms with van der Waals surface area (Å²) in [5.41, 5.74) is 1.94. The van der Waals surface area contributed by atoms with Crippen LogP contribution in [0.3, 0.4) is 0 Å². The van der Waals surface area contributed by atoms with Gasteiger partial charge in [-0.25, -0.2) is 9.97 Å². The van der Waals surface area contributed by atoms with Crippen LogP contribution in [0.4, 0.5) is 19.1 Å². The lowest BCUT2D eigenvalue weighted by atomic mass is 9.99. The number of aromatic nitrogens is 3. The number of pyridine rings is 1. The zero-order chi connectivity index (χ0) is 19.4. The molecule has 1 aliphatic heterocycles. The highest BCUT2D eigenvalue weighted by atomic mass is 19.4. The summed E-state index contributed by atoms with van der Waals surface area (Å²) in [5, 5.41) is 0.707. The Morgan fingerprint density at radius 1 is 1.19 bits per heavy atom. The first kappa shape index (κ1) is 19.5. The second-order valence-electron chi connectivity index (χ2n) is 6.61. The van der Waals surface area contributed by atoms with E-state index in [9.17, 15) is 13.2 Å². The summed E-state index contributed by atoms with van der Waals surface area (Å²) in [6.45, 7) is 5.93. The van der Waals surface area contributed by atoms with Gasteiger partial charge in [0.1, 0.15) is 0 Å². The molecule has 27 heavy (non-hydrogen) atoms. The molecule has 2 aromatic rings. The van der Waals surface area contributed by atoms with Crippen LogP contribution in [0.1, 0.15) is 24.7 Å². The molecule has 0 bridgehead atoms. The standard InChI is InChI=1S/C19H23F3N4O/c1-3-4-14(19(20,21)22)6-8-16-15-7-5-13(2)23-17(15)25-18(24-16)26-9-11-27-12-10-26/h3-5,7,14H,6,8-12H2,1-2H3. The molecule has 1 aliphatic rings. The number of hydrogen-bond donors (Lipinski definition) is 0. The normalized spacial score (nSPS) is 17.0. The number of morpholine rings is 1. The van der Waals surface area contributed by atoms with Crippen LogP contribution in [-0.4, -0.2) is 47.4 Å². The molecule has 1 saturated heterocycles. The summed E-state index contributed by atoms with van der Waals surface area (Å²) >= 11 is 0. The van der Waals surface area contributed by atoms with Crippen molar-refractivity contribution in [3.63, 3.8) is 0 Å². The van der Waals surface area contributed by atoms with Crippen molar-refractivity contribution in [2.24, 2.45) is 5.92 Å². The zero-order valence-corrected chi connectivity index (χ0v) is 15.5. The Balaban J connectivity index is 1.94. The minimum atomic E-state index is -4.27. The fraction of sp³-hybridized carbons (Fsp3) is 0.526. The smallest absolute Gasteiger partial charge is 0.378 e. The highest BCUT2D eigenvalue weighted by Gasteiger charge is 2.37. The van der Waals surface area contributed by atoms with Gasteiger partial charge >= 0.3 is 6.18 Å². The summed E-state index contributed by atoms with van der Waals surface area (Å²) in [6.07, 6.45) is -1.47. The van der Waals surface area contributed by atoms with Crippen LogP contribution in [0.25, 0.3) is 11.0 Å². The van der Waals surface area contributed by atoms with Gasteiger partial charge in [0.05, 0.1) is 24.8 Å². The molecule has 1 unspecified atom stereocenters. The van der Waals surface area contributed by atoms with Gasteiger partial charge in [0.15, 0.2) is 5.65 Å². The molecule has 0 N–H and O–H groups in total. The summed E-state index contributed by atoms with van der Waals surface area (Å²) in [5.74, 6) is -0.980. The fourth-order valence-corrected chi connectivity index (χ4v) is 3.14. The van der Waals surface area contributed by atoms with Gasteiger partial charge < -0.3 is 9.64 Å². The molecule has 0 aromatic carbocycles. The topological polar surface area (TPSA) is 51.1 Å². The number of fused-ring (bicyclic) bond motifs is 1. The van der Waals surface area contributed by atoms with E-state index in [-0.39, 0.29) is 12.8 Å². The molecule has 0 aliphatic carbocycles. The fourth-order valence-electron chi connectivity index (χ4n) is 3.14. The van der Waals surface area contributed by atoms with Gasteiger partial charge in [-0.1, -0.05) is 12.2 Å². The molecule has 1 atom stereocenters. The van der Waals surface area contributed by atoms with E-state index in [2.05, 4.69) is 15.0 Å². The van der Waals surface area contributed by atoms with Crippen molar-refractivity contribution in [2.45, 2.75) is 32.9 Å². The van der Waals surface area contributed by atoms with Crippen LogP contribution in [0, 0.1) is 12.8 Å². The third-order valence-electron chi connectivity index (χ3n) is 4.60. The van der Waals surface area contributed by atoms with E-state index in [0.29, 0.717) is 49.0 Å². The van der Waals surface area contributed by atoms with Crippen molar-refractivity contribution >= 4 is 17.0 Å². The van der Waals surface area contributed by atoms with E-state index in [4.69, 9.17) is 4.74 Å². The summed E-state index contributed by atoms with van der Waals surface area (Å²) in [6, 6.07) is 3.67. The van der Waals surface area contributed by atoms with E-state index >= 15 is 0 Å². The Bertz CT molecular complexity index is 816. The zero-order valence-electron chi connectivity index (χ0n) is 15.5. The van der Waals surface area contributed by atoms with Crippen LogP contribution >= 0.6 is 0 Å². The van der Waals surface area contributed by atoms with Crippen molar-refractivity contribution in [1.29, 1.82) is 0 Å². The minimum Gasteiger partial charge on any atom is -0.378 e. The van der Waals surface area contributed by atoms with Crippen LogP contribution < -0.4 is 4.90 Å². The number of alkyl halides is 3. The molecule has 0 spiro atoms. The first-order valence-electron chi connectivity index (χ1n) is 9.05. The third kappa shape index (κ3) is 4.74. The number of ether oxygens (including phenoxy) is 1. The van der Waals surface area contributed by atoms with Crippen molar-refractivity contribution in [3.05, 3.63) is 35.7 Å². The summed E-state index contributed by atoms with van der Waals surface area (Å²) in [4.78, 5) is 15.6. The van der Waals surface area contributed by atoms with Crippen molar-refractivity contribution in [2.75, 3.05) is 31.2 Å². The Morgan fingerprint density at radius 2 is 1.93 bits per heavy atom. The largest absolute Gasteiger partial charge is 0.395 e. The number of hydrogen-bond acceptors (Lipinski definition) is 5. The highest BCUT2D eigenvalue weighted by Crippen LogP contribution is 2.32. The SMILES string of the molecule is CC=CC(CCc1nc(N2CCOCC2)nc2nc(C)ccc12)C(F)(F)F. The summed E-state index contributed by atoms with van der Waals surface area (Å²) in [7, 11) is 0. The second-order valence-corrected chi connectivity index (χ2v) is 6.61. The van der Waals surface area contributed by atoms with E-state index in [1.54, 1.807) is 6.92 Å². The third-order valence-corrected chi connectivity index (χ3v) is 4.60. The molecule has 5 nitrogen and oxygen atoms in total. The lowest BCUT2D eigenvalue weighted by Gasteiger charge is -2.27. The summed E-state index contributed by atoms with van der Waals surface area (Å²) < 4.78 is 45.0. The average molecular weight is 380 g/mol. The van der Waals surface area contributed by atoms with Gasteiger partial charge in [-0.2, -0.15) is 18.2 Å². The molecule has 8 heteroatoms. The number of nitrogens with zero attached hydrogens (tertiary/aromatic N) is 4. The van der Waals surface area contributed by atoms with Gasteiger partial charge in [0.25, 0.3) is 0 Å². The van der Waals surface area contributed by atoms with E-state index < -0.39 is 12.1 Å². The number of anilines is 1. The van der Waals surface area contributed by atoms with Gasteiger partial charge in [-0.3, -0.25) is 0 Å². The van der Waals surface area contributed by atoms with Crippen LogP contribution in [-0.2, 0) is 11.2 Å². The van der Waals surface area contributed by atoms with Gasteiger partial charge in [-0.05, 0) is 38.8 Å². The van der Waals surface area contributed by atoms with Crippen molar-refractivity contribution in [1.82, 2.24) is 15.0 Å². The minimum absolute atomic E-state index is 0.0591. The van der Waals surface area contributed by atoms with Gasteiger partial charge in [-0.15, -0.1) is 0 Å². The number of aryl methyl sites for hydroxylation is 2. The van der Waals surface area contributed by atoms with E-state index in [1.807, 2.05) is 24.0 Å². The number of allylic oxidation sites excluding steroid dienone is 2. The predicted octanol–water partition coefficient (Wildman–Crippen LogP) is 3.86. The molecule has 0 amide bonds. The maximum atomic E-state index is 13.2. The van der Waals surface area contributed by atoms with Crippen LogP contribution in [0.2, 0.25) is 0 Å². The quantitative estimate of drug-likeness (QED) is 0.738. The first-order chi connectivity index (χ1) is 12.9. The molecule has 1 fully saturated rings. The van der Waals surface area contributed by atoms with Gasteiger partial charge in [0, 0.05) is 24.2 Å².